The Balaban J connectivity index is 1.28. The molecule has 5 fully saturated rings. The minimum absolute atomic E-state index is 0.0498. The molecule has 0 bridgehead atoms. The first-order valence-electron chi connectivity index (χ1n) is 13.9. The summed E-state index contributed by atoms with van der Waals surface area (Å²) >= 11 is 0. The van der Waals surface area contributed by atoms with E-state index in [4.69, 9.17) is 14.2 Å². The van der Waals surface area contributed by atoms with E-state index in [1.165, 1.54) is 11.1 Å². The molecule has 0 aromatic carbocycles. The van der Waals surface area contributed by atoms with Gasteiger partial charge in [-0.25, -0.2) is 4.79 Å². The molecule has 0 N–H and O–H groups in total. The van der Waals surface area contributed by atoms with E-state index in [9.17, 15) is 14.4 Å². The SMILES string of the molecule is C=C1CCC2[C@H](OC(=O)C2(C)C)[C@H]2C3=C(CC12)O[C@]1(CC3)C(=O)C[C@H]2C(=C)CC[C@H]3C(=C)C(=O)O[C@@H]3[C@H]21. The summed E-state index contributed by atoms with van der Waals surface area (Å²) in [5.41, 5.74) is 2.44. The van der Waals surface area contributed by atoms with Crippen LogP contribution >= 0.6 is 0 Å². The number of hydrogen-bond acceptors (Lipinski definition) is 6. The Kier molecular flexibility index (Phi) is 4.75. The van der Waals surface area contributed by atoms with Crippen molar-refractivity contribution in [2.45, 2.75) is 83.0 Å². The third kappa shape index (κ3) is 2.90. The molecule has 3 aliphatic heterocycles. The average Bonchev–Trinajstić information content (AvgIpc) is 3.45. The van der Waals surface area contributed by atoms with Gasteiger partial charge in [-0.05, 0) is 69.8 Å². The highest BCUT2D eigenvalue weighted by atomic mass is 16.6. The van der Waals surface area contributed by atoms with Crippen LogP contribution in [0.25, 0.3) is 0 Å². The second-order valence-electron chi connectivity index (χ2n) is 13.1. The van der Waals surface area contributed by atoms with Gasteiger partial charge in [0.15, 0.2) is 11.4 Å². The molecule has 6 heteroatoms. The van der Waals surface area contributed by atoms with Gasteiger partial charge in [0.2, 0.25) is 0 Å². The normalized spacial score (nSPS) is 45.9. The molecule has 4 aliphatic carbocycles. The lowest BCUT2D eigenvalue weighted by atomic mass is 9.70. The van der Waals surface area contributed by atoms with Crippen LogP contribution in [0.4, 0.5) is 0 Å². The van der Waals surface area contributed by atoms with Crippen molar-refractivity contribution in [1.29, 1.82) is 0 Å². The molecule has 7 aliphatic rings. The second-order valence-corrected chi connectivity index (χ2v) is 13.1. The molecule has 2 unspecified atom stereocenters. The van der Waals surface area contributed by atoms with Crippen molar-refractivity contribution in [3.05, 3.63) is 47.8 Å². The number of hydrogen-bond donors (Lipinski definition) is 0. The number of ether oxygens (including phenoxy) is 3. The molecule has 3 heterocycles. The fraction of sp³-hybridized carbons (Fsp3) is 0.645. The summed E-state index contributed by atoms with van der Waals surface area (Å²) in [5, 5.41) is 0. The smallest absolute Gasteiger partial charge is 0.334 e. The first-order valence-corrected chi connectivity index (χ1v) is 13.9. The number of allylic oxidation sites excluding steroid dienone is 3. The third-order valence-corrected chi connectivity index (χ3v) is 11.3. The largest absolute Gasteiger partial charge is 0.483 e. The molecular weight excluding hydrogens is 468 g/mol. The van der Waals surface area contributed by atoms with Gasteiger partial charge in [-0.3, -0.25) is 9.59 Å². The number of ketones is 1. The van der Waals surface area contributed by atoms with Crippen LogP contribution < -0.4 is 0 Å². The first kappa shape index (κ1) is 23.5. The Hall–Kier alpha value is -2.63. The molecular formula is C31H36O6. The van der Waals surface area contributed by atoms with E-state index < -0.39 is 17.1 Å². The van der Waals surface area contributed by atoms with Crippen LogP contribution in [0.15, 0.2) is 47.8 Å². The predicted octanol–water partition coefficient (Wildman–Crippen LogP) is 5.00. The van der Waals surface area contributed by atoms with Crippen LogP contribution in [0.2, 0.25) is 0 Å². The molecule has 37 heavy (non-hydrogen) atoms. The summed E-state index contributed by atoms with van der Waals surface area (Å²) in [6.45, 7) is 16.8. The molecule has 1 spiro atoms. The first-order chi connectivity index (χ1) is 17.5. The van der Waals surface area contributed by atoms with E-state index >= 15 is 0 Å². The zero-order chi connectivity index (χ0) is 26.0. The zero-order valence-corrected chi connectivity index (χ0v) is 21.8. The van der Waals surface area contributed by atoms with E-state index in [1.54, 1.807) is 0 Å². The van der Waals surface area contributed by atoms with Gasteiger partial charge < -0.3 is 14.2 Å². The van der Waals surface area contributed by atoms with Gasteiger partial charge in [-0.1, -0.05) is 30.9 Å². The standard InChI is InChI=1S/C31H36O6/c1-14-7-9-21-27(36-29(34)30(21,4)5)24-18-10-11-31(37-22(18)12-19(14)24)23(32)13-20-15(2)6-8-17-16(3)28(33)35-26(17)25(20)31/h17,19-21,24-27H,1-3,6-13H2,4-5H3/t17-,19?,20-,21?,24-,25-,26-,27-,31+/m0/s1. The summed E-state index contributed by atoms with van der Waals surface area (Å²) in [6, 6.07) is 0. The summed E-state index contributed by atoms with van der Waals surface area (Å²) in [6.07, 6.45) is 5.09. The van der Waals surface area contributed by atoms with E-state index in [0.717, 1.165) is 43.4 Å². The predicted molar refractivity (Wildman–Crippen MR) is 135 cm³/mol. The Morgan fingerprint density at radius 3 is 2.35 bits per heavy atom. The summed E-state index contributed by atoms with van der Waals surface area (Å²) in [4.78, 5) is 39.2. The lowest BCUT2D eigenvalue weighted by Gasteiger charge is -2.43. The molecule has 9 atom stereocenters. The fourth-order valence-corrected chi connectivity index (χ4v) is 9.16. The van der Waals surface area contributed by atoms with Crippen LogP contribution in [-0.2, 0) is 28.6 Å². The number of Topliss-reactive ketones (excluding diaryl/α,β-unsaturated/α-hetero) is 1. The number of rotatable bonds is 0. The van der Waals surface area contributed by atoms with Gasteiger partial charge >= 0.3 is 11.9 Å². The van der Waals surface area contributed by atoms with Crippen LogP contribution in [0.3, 0.4) is 0 Å². The van der Waals surface area contributed by atoms with E-state index in [2.05, 4.69) is 19.7 Å². The van der Waals surface area contributed by atoms with E-state index in [0.29, 0.717) is 24.8 Å². The Morgan fingerprint density at radius 1 is 0.838 bits per heavy atom. The molecule has 3 saturated carbocycles. The van der Waals surface area contributed by atoms with Gasteiger partial charge in [0, 0.05) is 36.2 Å². The Bertz CT molecular complexity index is 1220. The highest BCUT2D eigenvalue weighted by molar-refractivity contribution is 5.94. The summed E-state index contributed by atoms with van der Waals surface area (Å²) in [5.74, 6) is 0.482. The maximum atomic E-state index is 13.8. The molecule has 0 radical (unpaired) electrons. The quantitative estimate of drug-likeness (QED) is 0.263. The Labute approximate surface area is 218 Å². The second kappa shape index (κ2) is 7.48. The average molecular weight is 505 g/mol. The van der Waals surface area contributed by atoms with Gasteiger partial charge in [0.25, 0.3) is 0 Å². The molecule has 0 aromatic heterocycles. The number of carbonyl (C=O) groups is 3. The third-order valence-electron chi connectivity index (χ3n) is 11.3. The molecule has 7 rings (SSSR count). The fourth-order valence-electron chi connectivity index (χ4n) is 9.16. The molecule has 2 saturated heterocycles. The van der Waals surface area contributed by atoms with E-state index in [1.807, 2.05) is 13.8 Å². The number of carbonyl (C=O) groups excluding carboxylic acids is 3. The molecule has 0 aromatic rings. The number of fused-ring (bicyclic) bond motifs is 8. The van der Waals surface area contributed by atoms with Crippen LogP contribution in [0, 0.1) is 40.9 Å². The summed E-state index contributed by atoms with van der Waals surface area (Å²) < 4.78 is 18.9. The van der Waals surface area contributed by atoms with Crippen LogP contribution in [0.5, 0.6) is 0 Å². The van der Waals surface area contributed by atoms with Crippen molar-refractivity contribution in [3.63, 3.8) is 0 Å². The van der Waals surface area contributed by atoms with Crippen LogP contribution in [-0.4, -0.2) is 35.5 Å². The molecule has 6 nitrogen and oxygen atoms in total. The van der Waals surface area contributed by atoms with Gasteiger partial charge in [0.05, 0.1) is 17.1 Å². The minimum Gasteiger partial charge on any atom is -0.483 e. The monoisotopic (exact) mass is 504 g/mol. The lowest BCUT2D eigenvalue weighted by molar-refractivity contribution is -0.159. The Morgan fingerprint density at radius 2 is 1.57 bits per heavy atom. The maximum Gasteiger partial charge on any atom is 0.334 e. The minimum atomic E-state index is -1.01. The van der Waals surface area contributed by atoms with Crippen molar-refractivity contribution in [2.24, 2.45) is 40.9 Å². The molecule has 196 valence electrons. The van der Waals surface area contributed by atoms with Crippen molar-refractivity contribution < 1.29 is 28.6 Å². The van der Waals surface area contributed by atoms with Gasteiger partial charge in [-0.2, -0.15) is 0 Å². The van der Waals surface area contributed by atoms with Gasteiger partial charge in [0.1, 0.15) is 12.2 Å². The van der Waals surface area contributed by atoms with Crippen molar-refractivity contribution in [3.8, 4) is 0 Å². The van der Waals surface area contributed by atoms with Crippen molar-refractivity contribution in [1.82, 2.24) is 0 Å². The van der Waals surface area contributed by atoms with Crippen molar-refractivity contribution >= 4 is 17.7 Å². The van der Waals surface area contributed by atoms with Gasteiger partial charge in [-0.15, -0.1) is 0 Å². The molecule has 0 amide bonds. The van der Waals surface area contributed by atoms with Crippen molar-refractivity contribution in [2.75, 3.05) is 0 Å². The summed E-state index contributed by atoms with van der Waals surface area (Å²) in [7, 11) is 0. The number of esters is 2. The van der Waals surface area contributed by atoms with E-state index in [-0.39, 0.29) is 59.3 Å². The highest BCUT2D eigenvalue weighted by Gasteiger charge is 2.67. The van der Waals surface area contributed by atoms with Crippen LogP contribution in [0.1, 0.15) is 65.2 Å². The highest BCUT2D eigenvalue weighted by Crippen LogP contribution is 2.62. The lowest BCUT2D eigenvalue weighted by Crippen LogP contribution is -2.51. The maximum absolute atomic E-state index is 13.8. The topological polar surface area (TPSA) is 78.9 Å². The zero-order valence-electron chi connectivity index (χ0n) is 21.8.